The number of carbonyl (C=O) groups is 2. The quantitative estimate of drug-likeness (QED) is 0.725. The van der Waals surface area contributed by atoms with Crippen LogP contribution in [0.3, 0.4) is 0 Å². The van der Waals surface area contributed by atoms with E-state index in [4.69, 9.17) is 10.2 Å². The number of anilines is 1. The van der Waals surface area contributed by atoms with Gasteiger partial charge in [0.25, 0.3) is 11.8 Å². The van der Waals surface area contributed by atoms with Gasteiger partial charge in [-0.05, 0) is 48.3 Å². The zero-order valence-electron chi connectivity index (χ0n) is 14.7. The number of hydrogen-bond donors (Lipinski definition) is 2. The molecule has 1 aromatic carbocycles. The predicted octanol–water partition coefficient (Wildman–Crippen LogP) is 3.33. The van der Waals surface area contributed by atoms with Gasteiger partial charge in [0.15, 0.2) is 5.76 Å². The molecule has 7 heteroatoms. The molecule has 0 saturated heterocycles. The number of primary amides is 1. The smallest absolute Gasteiger partial charge is 0.344 e. The third kappa shape index (κ3) is 3.14. The van der Waals surface area contributed by atoms with E-state index in [0.29, 0.717) is 27.3 Å². The highest BCUT2D eigenvalue weighted by molar-refractivity contribution is 7.17. The molecule has 2 amide bonds. The summed E-state index contributed by atoms with van der Waals surface area (Å²) in [6, 6.07) is 8.41. The lowest BCUT2D eigenvalue weighted by molar-refractivity contribution is 0.0993. The molecule has 1 aliphatic carbocycles. The largest absolute Gasteiger partial charge is 0.417 e. The van der Waals surface area contributed by atoms with Gasteiger partial charge in [0.1, 0.15) is 5.00 Å². The van der Waals surface area contributed by atoms with Crippen LogP contribution in [0.4, 0.5) is 5.00 Å². The maximum absolute atomic E-state index is 12.7. The summed E-state index contributed by atoms with van der Waals surface area (Å²) in [5, 5.41) is 4.17. The average molecular weight is 382 g/mol. The molecular weight excluding hydrogens is 364 g/mol. The summed E-state index contributed by atoms with van der Waals surface area (Å²) in [5.41, 5.74) is 6.30. The van der Waals surface area contributed by atoms with Crippen molar-refractivity contribution >= 4 is 38.9 Å². The van der Waals surface area contributed by atoms with Gasteiger partial charge in [0, 0.05) is 4.88 Å². The molecule has 2 aromatic heterocycles. The van der Waals surface area contributed by atoms with Crippen molar-refractivity contribution in [2.75, 3.05) is 5.32 Å². The number of hydrogen-bond acceptors (Lipinski definition) is 5. The highest BCUT2D eigenvalue weighted by atomic mass is 32.1. The fourth-order valence-electron chi connectivity index (χ4n) is 3.51. The monoisotopic (exact) mass is 382 g/mol. The summed E-state index contributed by atoms with van der Waals surface area (Å²) in [7, 11) is 0. The Morgan fingerprint density at radius 2 is 2.07 bits per heavy atom. The first-order valence-corrected chi connectivity index (χ1v) is 9.54. The van der Waals surface area contributed by atoms with Gasteiger partial charge in [0.05, 0.1) is 10.9 Å². The first kappa shape index (κ1) is 17.5. The van der Waals surface area contributed by atoms with Gasteiger partial charge in [-0.3, -0.25) is 9.59 Å². The third-order valence-electron chi connectivity index (χ3n) is 4.88. The molecule has 27 heavy (non-hydrogen) atoms. The van der Waals surface area contributed by atoms with Gasteiger partial charge in [-0.25, -0.2) is 4.79 Å². The van der Waals surface area contributed by atoms with Crippen LogP contribution >= 0.6 is 11.3 Å². The summed E-state index contributed by atoms with van der Waals surface area (Å²) in [5.74, 6) is -0.711. The van der Waals surface area contributed by atoms with E-state index in [1.807, 2.05) is 0 Å². The van der Waals surface area contributed by atoms with Gasteiger partial charge in [-0.1, -0.05) is 25.1 Å². The van der Waals surface area contributed by atoms with Crippen molar-refractivity contribution in [3.63, 3.8) is 0 Å². The van der Waals surface area contributed by atoms with Crippen LogP contribution in [0.1, 0.15) is 44.7 Å². The molecule has 0 saturated carbocycles. The number of nitrogens with one attached hydrogen (secondary N) is 1. The van der Waals surface area contributed by atoms with E-state index in [1.54, 1.807) is 24.3 Å². The summed E-state index contributed by atoms with van der Waals surface area (Å²) in [6.45, 7) is 2.16. The summed E-state index contributed by atoms with van der Waals surface area (Å²) in [6.07, 6.45) is 2.62. The SMILES string of the molecule is CC1CCc2c(sc(NC(=O)c3cc4ccccc4c(=O)o3)c2C(N)=O)C1. The van der Waals surface area contributed by atoms with Crippen LogP contribution in [0.25, 0.3) is 10.8 Å². The molecule has 1 atom stereocenters. The van der Waals surface area contributed by atoms with Crippen molar-refractivity contribution in [1.29, 1.82) is 0 Å². The van der Waals surface area contributed by atoms with E-state index >= 15 is 0 Å². The fourth-order valence-corrected chi connectivity index (χ4v) is 4.92. The second-order valence-electron chi connectivity index (χ2n) is 6.86. The number of carbonyl (C=O) groups excluding carboxylic acids is 2. The van der Waals surface area contributed by atoms with Crippen LogP contribution in [0.15, 0.2) is 39.5 Å². The van der Waals surface area contributed by atoms with Gasteiger partial charge in [-0.2, -0.15) is 0 Å². The van der Waals surface area contributed by atoms with Gasteiger partial charge in [0.2, 0.25) is 0 Å². The normalized spacial score (nSPS) is 16.1. The molecule has 4 rings (SSSR count). The lowest BCUT2D eigenvalue weighted by Gasteiger charge is -2.18. The van der Waals surface area contributed by atoms with E-state index in [2.05, 4.69) is 12.2 Å². The minimum Gasteiger partial charge on any atom is -0.417 e. The van der Waals surface area contributed by atoms with Crippen LogP contribution in [0, 0.1) is 5.92 Å². The zero-order chi connectivity index (χ0) is 19.1. The molecule has 0 aliphatic heterocycles. The molecule has 0 bridgehead atoms. The van der Waals surface area contributed by atoms with E-state index in [9.17, 15) is 14.4 Å². The Bertz CT molecular complexity index is 1130. The Hall–Kier alpha value is -2.93. The Kier molecular flexibility index (Phi) is 4.31. The second-order valence-corrected chi connectivity index (χ2v) is 7.96. The summed E-state index contributed by atoms with van der Waals surface area (Å²) in [4.78, 5) is 37.9. The first-order valence-electron chi connectivity index (χ1n) is 8.72. The zero-order valence-corrected chi connectivity index (χ0v) is 15.5. The number of thiophene rings is 1. The highest BCUT2D eigenvalue weighted by Gasteiger charge is 2.27. The summed E-state index contributed by atoms with van der Waals surface area (Å²) < 4.78 is 5.16. The molecule has 0 spiro atoms. The van der Waals surface area contributed by atoms with Crippen LogP contribution in [0.2, 0.25) is 0 Å². The molecular formula is C20H18N2O4S. The van der Waals surface area contributed by atoms with Gasteiger partial charge >= 0.3 is 5.63 Å². The molecule has 1 aliphatic rings. The minimum absolute atomic E-state index is 0.103. The van der Waals surface area contributed by atoms with Crippen molar-refractivity contribution in [1.82, 2.24) is 0 Å². The lowest BCUT2D eigenvalue weighted by Crippen LogP contribution is -2.20. The van der Waals surface area contributed by atoms with Crippen LogP contribution in [0.5, 0.6) is 0 Å². The maximum Gasteiger partial charge on any atom is 0.344 e. The Balaban J connectivity index is 1.71. The van der Waals surface area contributed by atoms with E-state index in [-0.39, 0.29) is 5.76 Å². The van der Waals surface area contributed by atoms with E-state index in [0.717, 1.165) is 29.7 Å². The predicted molar refractivity (Wildman–Crippen MR) is 104 cm³/mol. The molecule has 3 aromatic rings. The molecule has 3 N–H and O–H groups in total. The number of benzene rings is 1. The third-order valence-corrected chi connectivity index (χ3v) is 6.05. The number of nitrogens with two attached hydrogens (primary N) is 1. The second kappa shape index (κ2) is 6.66. The van der Waals surface area contributed by atoms with E-state index in [1.165, 1.54) is 17.4 Å². The van der Waals surface area contributed by atoms with Crippen LogP contribution in [-0.2, 0) is 12.8 Å². The van der Waals surface area contributed by atoms with Gasteiger partial charge < -0.3 is 15.5 Å². The maximum atomic E-state index is 12.7. The number of fused-ring (bicyclic) bond motifs is 2. The molecule has 0 radical (unpaired) electrons. The van der Waals surface area contributed by atoms with Gasteiger partial charge in [-0.15, -0.1) is 11.3 Å². The molecule has 2 heterocycles. The highest BCUT2D eigenvalue weighted by Crippen LogP contribution is 2.39. The fraction of sp³-hybridized carbons (Fsp3) is 0.250. The van der Waals surface area contributed by atoms with E-state index < -0.39 is 17.4 Å². The standard InChI is InChI=1S/C20H18N2O4S/c1-10-6-7-13-15(8-10)27-19(16(13)17(21)23)22-18(24)14-9-11-4-2-3-5-12(11)20(25)26-14/h2-5,9-10H,6-8H2,1H3,(H2,21,23)(H,22,24). The molecule has 0 fully saturated rings. The minimum atomic E-state index is -0.577. The lowest BCUT2D eigenvalue weighted by atomic mass is 9.88. The first-order chi connectivity index (χ1) is 12.9. The van der Waals surface area contributed by atoms with Crippen molar-refractivity contribution in [3.05, 3.63) is 62.5 Å². The van der Waals surface area contributed by atoms with Crippen molar-refractivity contribution in [2.45, 2.75) is 26.2 Å². The Morgan fingerprint density at radius 1 is 1.30 bits per heavy atom. The Labute approximate surface area is 159 Å². The topological polar surface area (TPSA) is 102 Å². The van der Waals surface area contributed by atoms with Crippen molar-refractivity contribution in [2.24, 2.45) is 11.7 Å². The average Bonchev–Trinajstić information content (AvgIpc) is 2.98. The van der Waals surface area contributed by atoms with Crippen molar-refractivity contribution in [3.8, 4) is 0 Å². The summed E-state index contributed by atoms with van der Waals surface area (Å²) >= 11 is 1.37. The van der Waals surface area contributed by atoms with Crippen LogP contribution < -0.4 is 16.7 Å². The Morgan fingerprint density at radius 3 is 2.85 bits per heavy atom. The molecule has 6 nitrogen and oxygen atoms in total. The molecule has 138 valence electrons. The number of amides is 2. The number of rotatable bonds is 3. The van der Waals surface area contributed by atoms with Crippen LogP contribution in [-0.4, -0.2) is 11.8 Å². The van der Waals surface area contributed by atoms with Crippen molar-refractivity contribution < 1.29 is 14.0 Å². The molecule has 1 unspecified atom stereocenters.